The lowest BCUT2D eigenvalue weighted by atomic mass is 10.3. The maximum Gasteiger partial charge on any atom is 0.276 e. The molecule has 0 unspecified atom stereocenters. The van der Waals surface area contributed by atoms with E-state index in [0.717, 1.165) is 11.4 Å². The van der Waals surface area contributed by atoms with Crippen LogP contribution in [0.4, 0.5) is 5.69 Å². The van der Waals surface area contributed by atoms with Gasteiger partial charge in [0.1, 0.15) is 5.75 Å². The Bertz CT molecular complexity index is 667. The van der Waals surface area contributed by atoms with Gasteiger partial charge in [-0.25, -0.2) is 4.98 Å². The Hall–Kier alpha value is -2.94. The lowest BCUT2D eigenvalue weighted by Gasteiger charge is -2.12. The van der Waals surface area contributed by atoms with Crippen LogP contribution in [-0.4, -0.2) is 34.2 Å². The first-order valence-electron chi connectivity index (χ1n) is 7.15. The molecule has 1 aromatic heterocycles. The van der Waals surface area contributed by atoms with Crippen molar-refractivity contribution >= 4 is 28.9 Å². The molecule has 2 aromatic rings. The smallest absolute Gasteiger partial charge is 0.276 e. The third-order valence-electron chi connectivity index (χ3n) is 2.63. The molecule has 2 rings (SSSR count). The summed E-state index contributed by atoms with van der Waals surface area (Å²) in [7, 11) is 0. The summed E-state index contributed by atoms with van der Waals surface area (Å²) in [6.07, 6.45) is 4.40. The summed E-state index contributed by atoms with van der Waals surface area (Å²) in [5.41, 5.74) is 5.76. The number of carbonyl (C=O) groups excluding carboxylic acids is 1. The Labute approximate surface area is 144 Å². The van der Waals surface area contributed by atoms with Gasteiger partial charge in [0.15, 0.2) is 11.7 Å². The van der Waals surface area contributed by atoms with Gasteiger partial charge in [-0.3, -0.25) is 20.6 Å². The van der Waals surface area contributed by atoms with Gasteiger partial charge in [-0.15, -0.1) is 0 Å². The second kappa shape index (κ2) is 9.26. The van der Waals surface area contributed by atoms with Crippen LogP contribution < -0.4 is 25.6 Å². The molecule has 0 saturated heterocycles. The van der Waals surface area contributed by atoms with Crippen molar-refractivity contribution in [3.05, 3.63) is 42.9 Å². The fourth-order valence-electron chi connectivity index (χ4n) is 1.63. The van der Waals surface area contributed by atoms with Crippen molar-refractivity contribution in [3.63, 3.8) is 0 Å². The number of anilines is 1. The van der Waals surface area contributed by atoms with E-state index < -0.39 is 5.91 Å². The fourth-order valence-corrected chi connectivity index (χ4v) is 1.79. The van der Waals surface area contributed by atoms with Crippen LogP contribution in [0.2, 0.25) is 0 Å². The molecule has 0 aliphatic heterocycles. The lowest BCUT2D eigenvalue weighted by molar-refractivity contribution is -0.123. The van der Waals surface area contributed by atoms with E-state index >= 15 is 0 Å². The molecular formula is C15H17N5O3S. The molecule has 0 fully saturated rings. The van der Waals surface area contributed by atoms with Crippen LogP contribution in [0.15, 0.2) is 42.9 Å². The molecule has 0 bridgehead atoms. The first-order valence-corrected chi connectivity index (χ1v) is 7.55. The molecule has 9 heteroatoms. The monoisotopic (exact) mass is 347 g/mol. The number of carbonyl (C=O) groups is 1. The molecule has 1 heterocycles. The summed E-state index contributed by atoms with van der Waals surface area (Å²) >= 11 is 5.08. The van der Waals surface area contributed by atoms with Crippen LogP contribution in [0.5, 0.6) is 11.6 Å². The Morgan fingerprint density at radius 1 is 1.17 bits per heavy atom. The van der Waals surface area contributed by atoms with E-state index in [-0.39, 0.29) is 17.6 Å². The highest BCUT2D eigenvalue weighted by Crippen LogP contribution is 2.15. The predicted octanol–water partition coefficient (Wildman–Crippen LogP) is 1.27. The van der Waals surface area contributed by atoms with Crippen LogP contribution in [0, 0.1) is 0 Å². The van der Waals surface area contributed by atoms with E-state index in [9.17, 15) is 4.79 Å². The molecule has 8 nitrogen and oxygen atoms in total. The second-order valence-corrected chi connectivity index (χ2v) is 4.83. The lowest BCUT2D eigenvalue weighted by Crippen LogP contribution is -2.45. The third kappa shape index (κ3) is 6.05. The molecule has 0 radical (unpaired) electrons. The maximum atomic E-state index is 11.6. The highest BCUT2D eigenvalue weighted by atomic mass is 32.1. The minimum atomic E-state index is -0.406. The third-order valence-corrected chi connectivity index (χ3v) is 2.83. The number of hydrogen-bond acceptors (Lipinski definition) is 6. The van der Waals surface area contributed by atoms with Gasteiger partial charge < -0.3 is 14.8 Å². The highest BCUT2D eigenvalue weighted by molar-refractivity contribution is 7.80. The molecule has 126 valence electrons. The Balaban J connectivity index is 1.69. The van der Waals surface area contributed by atoms with Gasteiger partial charge in [0, 0.05) is 18.1 Å². The van der Waals surface area contributed by atoms with E-state index in [1.807, 2.05) is 31.2 Å². The summed E-state index contributed by atoms with van der Waals surface area (Å²) in [5.74, 6) is 0.635. The number of hydrogen-bond donors (Lipinski definition) is 3. The molecule has 1 aromatic carbocycles. The van der Waals surface area contributed by atoms with Gasteiger partial charge in [0.05, 0.1) is 12.8 Å². The number of nitrogens with one attached hydrogen (secondary N) is 3. The molecule has 1 amide bonds. The van der Waals surface area contributed by atoms with E-state index in [0.29, 0.717) is 6.61 Å². The normalized spacial score (nSPS) is 9.71. The zero-order chi connectivity index (χ0) is 17.2. The minimum absolute atomic E-state index is 0.211. The van der Waals surface area contributed by atoms with E-state index in [4.69, 9.17) is 21.7 Å². The summed E-state index contributed by atoms with van der Waals surface area (Å²) < 4.78 is 10.5. The maximum absolute atomic E-state index is 11.6. The van der Waals surface area contributed by atoms with Gasteiger partial charge in [0.25, 0.3) is 5.91 Å². The summed E-state index contributed by atoms with van der Waals surface area (Å²) in [5, 5.41) is 3.17. The Kier molecular flexibility index (Phi) is 6.72. The first-order chi connectivity index (χ1) is 11.7. The Morgan fingerprint density at radius 3 is 2.62 bits per heavy atom. The average molecular weight is 347 g/mol. The van der Waals surface area contributed by atoms with Crippen molar-refractivity contribution < 1.29 is 14.3 Å². The van der Waals surface area contributed by atoms with Crippen molar-refractivity contribution in [1.82, 2.24) is 20.8 Å². The molecule has 0 aliphatic carbocycles. The van der Waals surface area contributed by atoms with Gasteiger partial charge in [0.2, 0.25) is 5.88 Å². The van der Waals surface area contributed by atoms with Crippen LogP contribution in [0.25, 0.3) is 0 Å². The van der Waals surface area contributed by atoms with Crippen LogP contribution >= 0.6 is 12.2 Å². The van der Waals surface area contributed by atoms with Crippen molar-refractivity contribution in [2.45, 2.75) is 6.92 Å². The topological polar surface area (TPSA) is 97.4 Å². The van der Waals surface area contributed by atoms with Gasteiger partial charge in [-0.2, -0.15) is 0 Å². The highest BCUT2D eigenvalue weighted by Gasteiger charge is 2.04. The van der Waals surface area contributed by atoms with Gasteiger partial charge in [-0.05, 0) is 43.4 Å². The van der Waals surface area contributed by atoms with E-state index in [1.54, 1.807) is 0 Å². The summed E-state index contributed by atoms with van der Waals surface area (Å²) in [4.78, 5) is 19.4. The largest absolute Gasteiger partial charge is 0.494 e. The number of aromatic nitrogens is 2. The number of ether oxygens (including phenoxy) is 2. The molecule has 0 aliphatic rings. The summed E-state index contributed by atoms with van der Waals surface area (Å²) in [6.45, 7) is 2.31. The molecule has 0 saturated carbocycles. The molecule has 0 spiro atoms. The standard InChI is InChI=1S/C15H17N5O3S/c1-2-22-12-5-3-11(4-6-12)18-15(24)20-19-13(21)10-23-14-9-16-7-8-17-14/h3-9H,2,10H2,1H3,(H,19,21)(H2,18,20,24). The first kappa shape index (κ1) is 17.4. The molecule has 3 N–H and O–H groups in total. The number of thiocarbonyl (C=S) groups is 1. The number of rotatable bonds is 6. The number of benzene rings is 1. The average Bonchev–Trinajstić information content (AvgIpc) is 2.61. The number of amides is 1. The SMILES string of the molecule is CCOc1ccc(NC(=S)NNC(=O)COc2cnccn2)cc1. The van der Waals surface area contributed by atoms with Gasteiger partial charge in [-0.1, -0.05) is 0 Å². The number of hydrazine groups is 1. The van der Waals surface area contributed by atoms with Gasteiger partial charge >= 0.3 is 0 Å². The number of nitrogens with zero attached hydrogens (tertiary/aromatic N) is 2. The second-order valence-electron chi connectivity index (χ2n) is 4.42. The fraction of sp³-hybridized carbons (Fsp3) is 0.200. The molecular weight excluding hydrogens is 330 g/mol. The predicted molar refractivity (Wildman–Crippen MR) is 92.6 cm³/mol. The van der Waals surface area contributed by atoms with Crippen LogP contribution in [-0.2, 0) is 4.79 Å². The van der Waals surface area contributed by atoms with Crippen LogP contribution in [0.3, 0.4) is 0 Å². The van der Waals surface area contributed by atoms with Crippen molar-refractivity contribution in [3.8, 4) is 11.6 Å². The minimum Gasteiger partial charge on any atom is -0.494 e. The van der Waals surface area contributed by atoms with E-state index in [2.05, 4.69) is 26.1 Å². The Morgan fingerprint density at radius 2 is 1.96 bits per heavy atom. The van der Waals surface area contributed by atoms with Crippen LogP contribution in [0.1, 0.15) is 6.92 Å². The quantitative estimate of drug-likeness (QED) is 0.531. The molecule has 24 heavy (non-hydrogen) atoms. The van der Waals surface area contributed by atoms with Crippen molar-refractivity contribution in [2.75, 3.05) is 18.5 Å². The van der Waals surface area contributed by atoms with E-state index in [1.165, 1.54) is 18.6 Å². The van der Waals surface area contributed by atoms with Crippen molar-refractivity contribution in [1.29, 1.82) is 0 Å². The summed E-state index contributed by atoms with van der Waals surface area (Å²) in [6, 6.07) is 7.28. The zero-order valence-electron chi connectivity index (χ0n) is 13.0. The van der Waals surface area contributed by atoms with Crippen molar-refractivity contribution in [2.24, 2.45) is 0 Å². The molecule has 0 atom stereocenters. The zero-order valence-corrected chi connectivity index (χ0v) is 13.8.